The van der Waals surface area contributed by atoms with Crippen molar-refractivity contribution in [3.8, 4) is 0 Å². The van der Waals surface area contributed by atoms with E-state index in [1.165, 1.54) is 5.56 Å². The molecular formula is C24H40O4Si. The summed E-state index contributed by atoms with van der Waals surface area (Å²) in [6.07, 6.45) is 4.75. The molecule has 1 aromatic carbocycles. The Bertz CT molecular complexity index is 588. The van der Waals surface area contributed by atoms with Gasteiger partial charge in [0.25, 0.3) is 0 Å². The number of allylic oxidation sites excluding steroid dienone is 1. The summed E-state index contributed by atoms with van der Waals surface area (Å²) >= 11 is 0. The van der Waals surface area contributed by atoms with Crippen LogP contribution in [0.3, 0.4) is 0 Å². The standard InChI is InChI=1S/C24H40O4Si/c1-6-27-24(25)21(5)14-13-17-23(28-29(7-2,8-3)9-4)18-19-26-20-22-15-11-10-12-16-22/h10-12,14-16,23H,6-9,13,17-20H2,1-5H3/b21-14-/t23-/m1/s1. The molecule has 0 radical (unpaired) electrons. The normalized spacial score (nSPS) is 13.3. The molecule has 0 saturated carbocycles. The molecule has 0 fully saturated rings. The summed E-state index contributed by atoms with van der Waals surface area (Å²) in [6.45, 7) is 12.1. The van der Waals surface area contributed by atoms with Crippen LogP contribution < -0.4 is 0 Å². The van der Waals surface area contributed by atoms with Gasteiger partial charge in [-0.1, -0.05) is 57.2 Å². The molecule has 1 atom stereocenters. The summed E-state index contributed by atoms with van der Waals surface area (Å²) in [7, 11) is -1.68. The summed E-state index contributed by atoms with van der Waals surface area (Å²) < 4.78 is 17.7. The molecule has 5 heteroatoms. The molecule has 1 rings (SSSR count). The molecule has 0 spiro atoms. The van der Waals surface area contributed by atoms with Gasteiger partial charge in [-0.2, -0.15) is 0 Å². The molecule has 164 valence electrons. The molecule has 0 aromatic heterocycles. The second-order valence-corrected chi connectivity index (χ2v) is 12.2. The van der Waals surface area contributed by atoms with Gasteiger partial charge in [0.15, 0.2) is 8.32 Å². The Morgan fingerprint density at radius 1 is 1.03 bits per heavy atom. The smallest absolute Gasteiger partial charge is 0.333 e. The minimum Gasteiger partial charge on any atom is -0.463 e. The fourth-order valence-corrected chi connectivity index (χ4v) is 6.35. The molecule has 0 aliphatic rings. The first-order chi connectivity index (χ1) is 14.0. The van der Waals surface area contributed by atoms with Crippen molar-refractivity contribution in [1.29, 1.82) is 0 Å². The van der Waals surface area contributed by atoms with Crippen LogP contribution in [0.2, 0.25) is 18.1 Å². The van der Waals surface area contributed by atoms with Crippen molar-refractivity contribution in [3.63, 3.8) is 0 Å². The van der Waals surface area contributed by atoms with Gasteiger partial charge in [0.1, 0.15) is 0 Å². The number of rotatable bonds is 15. The molecule has 0 amide bonds. The average Bonchev–Trinajstić information content (AvgIpc) is 2.75. The third-order valence-corrected chi connectivity index (χ3v) is 10.3. The molecule has 0 aliphatic heterocycles. The summed E-state index contributed by atoms with van der Waals surface area (Å²) in [4.78, 5) is 11.8. The quantitative estimate of drug-likeness (QED) is 0.145. The number of hydrogen-bond donors (Lipinski definition) is 0. The maximum Gasteiger partial charge on any atom is 0.333 e. The Balaban J connectivity index is 2.62. The predicted molar refractivity (Wildman–Crippen MR) is 122 cm³/mol. The average molecular weight is 421 g/mol. The van der Waals surface area contributed by atoms with E-state index in [0.29, 0.717) is 25.4 Å². The van der Waals surface area contributed by atoms with Gasteiger partial charge in [0, 0.05) is 18.3 Å². The monoisotopic (exact) mass is 420 g/mol. The van der Waals surface area contributed by atoms with E-state index in [1.807, 2.05) is 38.1 Å². The Labute approximate surface area is 178 Å². The van der Waals surface area contributed by atoms with Crippen molar-refractivity contribution in [2.75, 3.05) is 13.2 Å². The third-order valence-electron chi connectivity index (χ3n) is 5.58. The lowest BCUT2D eigenvalue weighted by Gasteiger charge is -2.33. The van der Waals surface area contributed by atoms with Crippen molar-refractivity contribution in [3.05, 3.63) is 47.5 Å². The molecule has 0 unspecified atom stereocenters. The van der Waals surface area contributed by atoms with Gasteiger partial charge >= 0.3 is 5.97 Å². The van der Waals surface area contributed by atoms with Gasteiger partial charge in [-0.25, -0.2) is 4.79 Å². The van der Waals surface area contributed by atoms with E-state index in [9.17, 15) is 4.79 Å². The largest absolute Gasteiger partial charge is 0.463 e. The van der Waals surface area contributed by atoms with E-state index < -0.39 is 8.32 Å². The van der Waals surface area contributed by atoms with E-state index in [4.69, 9.17) is 13.9 Å². The van der Waals surface area contributed by atoms with E-state index >= 15 is 0 Å². The van der Waals surface area contributed by atoms with Crippen LogP contribution in [0.5, 0.6) is 0 Å². The number of esters is 1. The summed E-state index contributed by atoms with van der Waals surface area (Å²) in [5.74, 6) is -0.226. The van der Waals surface area contributed by atoms with Crippen molar-refractivity contribution in [2.24, 2.45) is 0 Å². The predicted octanol–water partition coefficient (Wildman–Crippen LogP) is 6.27. The highest BCUT2D eigenvalue weighted by Gasteiger charge is 2.31. The van der Waals surface area contributed by atoms with Crippen LogP contribution in [0.1, 0.15) is 59.4 Å². The van der Waals surface area contributed by atoms with Gasteiger partial charge in [0.2, 0.25) is 0 Å². The fourth-order valence-electron chi connectivity index (χ4n) is 3.41. The lowest BCUT2D eigenvalue weighted by atomic mass is 10.1. The van der Waals surface area contributed by atoms with Crippen molar-refractivity contribution >= 4 is 14.3 Å². The van der Waals surface area contributed by atoms with E-state index in [2.05, 4.69) is 32.9 Å². The van der Waals surface area contributed by atoms with Gasteiger partial charge in [0.05, 0.1) is 13.2 Å². The number of benzene rings is 1. The molecule has 29 heavy (non-hydrogen) atoms. The second kappa shape index (κ2) is 14.5. The lowest BCUT2D eigenvalue weighted by molar-refractivity contribution is -0.138. The van der Waals surface area contributed by atoms with Crippen LogP contribution in [0.25, 0.3) is 0 Å². The maximum atomic E-state index is 11.8. The Hall–Kier alpha value is -1.43. The van der Waals surface area contributed by atoms with Crippen LogP contribution >= 0.6 is 0 Å². The molecule has 0 N–H and O–H groups in total. The van der Waals surface area contributed by atoms with E-state index in [1.54, 1.807) is 0 Å². The van der Waals surface area contributed by atoms with Crippen LogP contribution in [0.4, 0.5) is 0 Å². The maximum absolute atomic E-state index is 11.8. The third kappa shape index (κ3) is 9.74. The van der Waals surface area contributed by atoms with E-state index in [0.717, 1.165) is 37.4 Å². The highest BCUT2D eigenvalue weighted by molar-refractivity contribution is 6.73. The molecule has 1 aromatic rings. The van der Waals surface area contributed by atoms with Gasteiger partial charge < -0.3 is 13.9 Å². The lowest BCUT2D eigenvalue weighted by Crippen LogP contribution is -2.40. The Morgan fingerprint density at radius 2 is 1.69 bits per heavy atom. The van der Waals surface area contributed by atoms with Crippen molar-refractivity contribution in [1.82, 2.24) is 0 Å². The molecule has 0 saturated heterocycles. The molecule has 0 heterocycles. The van der Waals surface area contributed by atoms with Crippen molar-refractivity contribution in [2.45, 2.75) is 84.7 Å². The number of carbonyl (C=O) groups excluding carboxylic acids is 1. The number of hydrogen-bond acceptors (Lipinski definition) is 4. The van der Waals surface area contributed by atoms with E-state index in [-0.39, 0.29) is 12.1 Å². The summed E-state index contributed by atoms with van der Waals surface area (Å²) in [5.41, 5.74) is 1.87. The van der Waals surface area contributed by atoms with Crippen LogP contribution in [-0.2, 0) is 25.3 Å². The SMILES string of the molecule is CCOC(=O)/C(C)=C\CC[C@H](CCOCc1ccccc1)O[Si](CC)(CC)CC. The summed E-state index contributed by atoms with van der Waals surface area (Å²) in [6, 6.07) is 13.7. The zero-order valence-electron chi connectivity index (χ0n) is 19.0. The highest BCUT2D eigenvalue weighted by atomic mass is 28.4. The fraction of sp³-hybridized carbons (Fsp3) is 0.625. The minimum atomic E-state index is -1.68. The number of carbonyl (C=O) groups is 1. The number of ether oxygens (including phenoxy) is 2. The zero-order chi connectivity index (χ0) is 21.5. The first kappa shape index (κ1) is 25.6. The molecule has 0 aliphatic carbocycles. The van der Waals surface area contributed by atoms with Gasteiger partial charge in [-0.3, -0.25) is 0 Å². The second-order valence-electron chi connectivity index (χ2n) is 7.50. The molecule has 4 nitrogen and oxygen atoms in total. The first-order valence-corrected chi connectivity index (χ1v) is 13.7. The topological polar surface area (TPSA) is 44.8 Å². The van der Waals surface area contributed by atoms with Crippen molar-refractivity contribution < 1.29 is 18.7 Å². The first-order valence-electron chi connectivity index (χ1n) is 11.1. The molecular weight excluding hydrogens is 380 g/mol. The highest BCUT2D eigenvalue weighted by Crippen LogP contribution is 2.26. The van der Waals surface area contributed by atoms with Crippen LogP contribution in [0.15, 0.2) is 42.0 Å². The summed E-state index contributed by atoms with van der Waals surface area (Å²) in [5, 5.41) is 0. The van der Waals surface area contributed by atoms with Gasteiger partial charge in [-0.15, -0.1) is 0 Å². The molecule has 0 bridgehead atoms. The van der Waals surface area contributed by atoms with Crippen LogP contribution in [0, 0.1) is 0 Å². The van der Waals surface area contributed by atoms with Gasteiger partial charge in [-0.05, 0) is 56.8 Å². The Morgan fingerprint density at radius 3 is 2.28 bits per heavy atom. The van der Waals surface area contributed by atoms with Crippen LogP contribution in [-0.4, -0.2) is 33.6 Å². The zero-order valence-corrected chi connectivity index (χ0v) is 20.0. The minimum absolute atomic E-state index is 0.170. The Kier molecular flexibility index (Phi) is 12.8.